The molecule has 0 spiro atoms. The minimum atomic E-state index is 0. The van der Waals surface area contributed by atoms with Gasteiger partial charge in [0.05, 0.1) is 0 Å². The number of rotatable bonds is 1. The van der Waals surface area contributed by atoms with E-state index in [1.807, 2.05) is 48.5 Å². The lowest BCUT2D eigenvalue weighted by atomic mass is 10.1. The van der Waals surface area contributed by atoms with Gasteiger partial charge in [0.1, 0.15) is 0 Å². The van der Waals surface area contributed by atoms with Crippen molar-refractivity contribution in [1.82, 2.24) is 0 Å². The van der Waals surface area contributed by atoms with E-state index < -0.39 is 0 Å². The van der Waals surface area contributed by atoms with Crippen molar-refractivity contribution in [2.75, 3.05) is 11.5 Å². The van der Waals surface area contributed by atoms with Crippen LogP contribution in [0.2, 0.25) is 0 Å². The van der Waals surface area contributed by atoms with E-state index in [1.165, 1.54) is 0 Å². The van der Waals surface area contributed by atoms with Crippen molar-refractivity contribution in [2.24, 2.45) is 0 Å². The molecule has 0 bridgehead atoms. The first kappa shape index (κ1) is 11.1. The smallest absolute Gasteiger partial charge is 0.0320 e. The van der Waals surface area contributed by atoms with Gasteiger partial charge in [-0.25, -0.2) is 0 Å². The van der Waals surface area contributed by atoms with E-state index in [1.54, 1.807) is 0 Å². The van der Waals surface area contributed by atoms with Gasteiger partial charge in [0.2, 0.25) is 0 Å². The van der Waals surface area contributed by atoms with E-state index in [0.29, 0.717) is 0 Å². The van der Waals surface area contributed by atoms with Gasteiger partial charge in [-0.2, -0.15) is 0 Å². The van der Waals surface area contributed by atoms with Gasteiger partial charge in [-0.15, -0.1) is 0 Å². The minimum Gasteiger partial charge on any atom is -0.412 e. The maximum atomic E-state index is 5.70. The molecule has 0 amide bonds. The second-order valence-electron chi connectivity index (χ2n) is 3.25. The average Bonchev–Trinajstić information content (AvgIpc) is 2.19. The molecule has 0 unspecified atom stereocenters. The monoisotopic (exact) mass is 202 g/mol. The molecule has 0 aromatic heterocycles. The van der Waals surface area contributed by atoms with Gasteiger partial charge in [-0.3, -0.25) is 0 Å². The topological polar surface area (TPSA) is 83.5 Å². The Morgan fingerprint density at radius 3 is 1.93 bits per heavy atom. The predicted molar refractivity (Wildman–Crippen MR) is 64.3 cm³/mol. The molecule has 0 saturated heterocycles. The fraction of sp³-hybridized carbons (Fsp3) is 0. The zero-order chi connectivity index (χ0) is 9.97. The van der Waals surface area contributed by atoms with Gasteiger partial charge >= 0.3 is 0 Å². The van der Waals surface area contributed by atoms with Gasteiger partial charge < -0.3 is 16.9 Å². The molecule has 0 aliphatic carbocycles. The summed E-state index contributed by atoms with van der Waals surface area (Å²) in [4.78, 5) is 0. The van der Waals surface area contributed by atoms with E-state index in [4.69, 9.17) is 11.5 Å². The highest BCUT2D eigenvalue weighted by atomic mass is 16.0. The van der Waals surface area contributed by atoms with Crippen molar-refractivity contribution in [3.63, 3.8) is 0 Å². The molecule has 3 nitrogen and oxygen atoms in total. The van der Waals surface area contributed by atoms with Crippen LogP contribution < -0.4 is 11.5 Å². The van der Waals surface area contributed by atoms with Crippen molar-refractivity contribution in [2.45, 2.75) is 0 Å². The van der Waals surface area contributed by atoms with E-state index in [2.05, 4.69) is 0 Å². The lowest BCUT2D eigenvalue weighted by molar-refractivity contribution is 0.824. The van der Waals surface area contributed by atoms with Crippen molar-refractivity contribution >= 4 is 11.4 Å². The van der Waals surface area contributed by atoms with Gasteiger partial charge in [0, 0.05) is 11.4 Å². The molecule has 0 saturated carbocycles. The van der Waals surface area contributed by atoms with Gasteiger partial charge in [0.15, 0.2) is 0 Å². The van der Waals surface area contributed by atoms with E-state index in [9.17, 15) is 0 Å². The molecule has 0 radical (unpaired) electrons. The summed E-state index contributed by atoms with van der Waals surface area (Å²) in [5, 5.41) is 0. The van der Waals surface area contributed by atoms with Crippen molar-refractivity contribution in [3.05, 3.63) is 48.5 Å². The standard InChI is InChI=1S/C12H12N2.H2O/c13-11-6-4-9(5-7-11)10-2-1-3-12(14)8-10;/h1-8H,13-14H2;1H2. The summed E-state index contributed by atoms with van der Waals surface area (Å²) in [5.41, 5.74) is 15.1. The number of nitrogen functional groups attached to an aromatic ring is 2. The molecule has 2 rings (SSSR count). The first-order chi connectivity index (χ1) is 6.75. The van der Waals surface area contributed by atoms with Crippen LogP contribution in [0.4, 0.5) is 11.4 Å². The molecule has 0 heterocycles. The van der Waals surface area contributed by atoms with Crippen LogP contribution in [0.15, 0.2) is 48.5 Å². The van der Waals surface area contributed by atoms with Gasteiger partial charge in [-0.05, 0) is 35.4 Å². The lowest BCUT2D eigenvalue weighted by Gasteiger charge is -2.02. The molecule has 3 heteroatoms. The Kier molecular flexibility index (Phi) is 3.31. The average molecular weight is 202 g/mol. The molecular formula is C12H14N2O. The fourth-order valence-corrected chi connectivity index (χ4v) is 1.39. The third-order valence-electron chi connectivity index (χ3n) is 2.13. The molecular weight excluding hydrogens is 188 g/mol. The van der Waals surface area contributed by atoms with Crippen LogP contribution in [-0.4, -0.2) is 5.48 Å². The highest BCUT2D eigenvalue weighted by Gasteiger charge is 1.96. The molecule has 0 atom stereocenters. The fourth-order valence-electron chi connectivity index (χ4n) is 1.39. The summed E-state index contributed by atoms with van der Waals surface area (Å²) in [6, 6.07) is 15.6. The summed E-state index contributed by atoms with van der Waals surface area (Å²) >= 11 is 0. The molecule has 2 aromatic rings. The molecule has 78 valence electrons. The van der Waals surface area contributed by atoms with E-state index in [0.717, 1.165) is 22.5 Å². The number of benzene rings is 2. The molecule has 15 heavy (non-hydrogen) atoms. The van der Waals surface area contributed by atoms with Crippen molar-refractivity contribution < 1.29 is 5.48 Å². The minimum absolute atomic E-state index is 0. The summed E-state index contributed by atoms with van der Waals surface area (Å²) in [6.45, 7) is 0. The first-order valence-electron chi connectivity index (χ1n) is 4.47. The van der Waals surface area contributed by atoms with Crippen LogP contribution in [0.1, 0.15) is 0 Å². The van der Waals surface area contributed by atoms with Crippen LogP contribution in [0, 0.1) is 0 Å². The lowest BCUT2D eigenvalue weighted by Crippen LogP contribution is -1.86. The van der Waals surface area contributed by atoms with Crippen LogP contribution >= 0.6 is 0 Å². The molecule has 0 aliphatic heterocycles. The normalized spacial score (nSPS) is 9.33. The van der Waals surface area contributed by atoms with E-state index in [-0.39, 0.29) is 5.48 Å². The molecule has 0 aliphatic rings. The van der Waals surface area contributed by atoms with Crippen LogP contribution in [-0.2, 0) is 0 Å². The number of nitrogens with two attached hydrogens (primary N) is 2. The van der Waals surface area contributed by atoms with Gasteiger partial charge in [0.25, 0.3) is 0 Å². The third kappa shape index (κ3) is 2.48. The Hall–Kier alpha value is -2.00. The SMILES string of the molecule is Nc1ccc(-c2cccc(N)c2)cc1.O. The highest BCUT2D eigenvalue weighted by molar-refractivity contribution is 5.68. The van der Waals surface area contributed by atoms with E-state index >= 15 is 0 Å². The first-order valence-corrected chi connectivity index (χ1v) is 4.47. The Morgan fingerprint density at radius 1 is 0.667 bits per heavy atom. The zero-order valence-corrected chi connectivity index (χ0v) is 8.27. The van der Waals surface area contributed by atoms with Crippen LogP contribution in [0.3, 0.4) is 0 Å². The molecule has 0 fully saturated rings. The third-order valence-corrected chi connectivity index (χ3v) is 2.13. The second kappa shape index (κ2) is 4.48. The quantitative estimate of drug-likeness (QED) is 0.690. The number of anilines is 2. The summed E-state index contributed by atoms with van der Waals surface area (Å²) < 4.78 is 0. The van der Waals surface area contributed by atoms with Crippen molar-refractivity contribution in [3.8, 4) is 11.1 Å². The van der Waals surface area contributed by atoms with Crippen molar-refractivity contribution in [1.29, 1.82) is 0 Å². The maximum absolute atomic E-state index is 5.70. The zero-order valence-electron chi connectivity index (χ0n) is 8.27. The van der Waals surface area contributed by atoms with Crippen LogP contribution in [0.25, 0.3) is 11.1 Å². The van der Waals surface area contributed by atoms with Crippen LogP contribution in [0.5, 0.6) is 0 Å². The largest absolute Gasteiger partial charge is 0.412 e. The van der Waals surface area contributed by atoms with Gasteiger partial charge in [-0.1, -0.05) is 24.3 Å². The number of hydrogen-bond acceptors (Lipinski definition) is 2. The Labute approximate surface area is 88.6 Å². The Balaban J connectivity index is 0.00000112. The summed E-state index contributed by atoms with van der Waals surface area (Å²) in [6.07, 6.45) is 0. The maximum Gasteiger partial charge on any atom is 0.0320 e. The molecule has 2 aromatic carbocycles. The summed E-state index contributed by atoms with van der Waals surface area (Å²) in [5.74, 6) is 0. The summed E-state index contributed by atoms with van der Waals surface area (Å²) in [7, 11) is 0. The second-order valence-corrected chi connectivity index (χ2v) is 3.25. The Bertz CT molecular complexity index is 438. The Morgan fingerprint density at radius 2 is 1.33 bits per heavy atom. The number of hydrogen-bond donors (Lipinski definition) is 2. The highest BCUT2D eigenvalue weighted by Crippen LogP contribution is 2.22. The molecule has 6 N–H and O–H groups in total. The predicted octanol–water partition coefficient (Wildman–Crippen LogP) is 1.69.